The van der Waals surface area contributed by atoms with Crippen molar-refractivity contribution in [1.29, 1.82) is 0 Å². The molecule has 1 atom stereocenters. The molecule has 0 saturated heterocycles. The molecule has 0 radical (unpaired) electrons. The maximum absolute atomic E-state index is 13.9. The van der Waals surface area contributed by atoms with Crippen molar-refractivity contribution in [2.75, 3.05) is 18.4 Å². The van der Waals surface area contributed by atoms with Crippen molar-refractivity contribution in [3.63, 3.8) is 0 Å². The summed E-state index contributed by atoms with van der Waals surface area (Å²) in [6.07, 6.45) is -0.116. The van der Waals surface area contributed by atoms with Crippen molar-refractivity contribution in [2.45, 2.75) is 13.0 Å². The average molecular weight is 307 g/mol. The zero-order chi connectivity index (χ0) is 15.0. The lowest BCUT2D eigenvalue weighted by Crippen LogP contribution is -2.37. The van der Waals surface area contributed by atoms with E-state index in [2.05, 4.69) is 5.32 Å². The Morgan fingerprint density at radius 3 is 2.86 bits per heavy atom. The van der Waals surface area contributed by atoms with Crippen LogP contribution in [-0.4, -0.2) is 19.2 Å². The molecule has 1 heterocycles. The third kappa shape index (κ3) is 2.69. The molecule has 3 N–H and O–H groups in total. The number of anilines is 1. The van der Waals surface area contributed by atoms with Crippen molar-refractivity contribution >= 4 is 17.3 Å². The summed E-state index contributed by atoms with van der Waals surface area (Å²) in [6, 6.07) is 8.44. The molecule has 3 nitrogen and oxygen atoms in total. The highest BCUT2D eigenvalue weighted by molar-refractivity contribution is 6.30. The minimum atomic E-state index is -0.305. The van der Waals surface area contributed by atoms with Gasteiger partial charge in [-0.15, -0.1) is 0 Å². The van der Waals surface area contributed by atoms with Gasteiger partial charge in [0.2, 0.25) is 0 Å². The summed E-state index contributed by atoms with van der Waals surface area (Å²) in [5.41, 5.74) is 8.91. The molecule has 0 saturated carbocycles. The van der Waals surface area contributed by atoms with Crippen LogP contribution in [-0.2, 0) is 0 Å². The SMILES string of the molecule is Cc1cc(Cl)ccc1-c1cc(F)cc2c1O[C@H](CN)CN2. The van der Waals surface area contributed by atoms with E-state index in [0.717, 1.165) is 11.1 Å². The predicted octanol–water partition coefficient (Wildman–Crippen LogP) is 3.59. The molecule has 3 rings (SSSR count). The molecular weight excluding hydrogens is 291 g/mol. The number of nitrogens with two attached hydrogens (primary N) is 1. The van der Waals surface area contributed by atoms with Gasteiger partial charge < -0.3 is 15.8 Å². The lowest BCUT2D eigenvalue weighted by atomic mass is 9.98. The summed E-state index contributed by atoms with van der Waals surface area (Å²) in [6.45, 7) is 2.92. The number of nitrogens with one attached hydrogen (secondary N) is 1. The molecule has 5 heteroatoms. The van der Waals surface area contributed by atoms with Crippen molar-refractivity contribution in [3.8, 4) is 16.9 Å². The number of halogens is 2. The first-order valence-corrected chi connectivity index (χ1v) is 7.17. The van der Waals surface area contributed by atoms with Gasteiger partial charge in [0, 0.05) is 23.2 Å². The Balaban J connectivity index is 2.16. The normalized spacial score (nSPS) is 16.9. The number of aryl methyl sites for hydroxylation is 1. The maximum Gasteiger partial charge on any atom is 0.151 e. The quantitative estimate of drug-likeness (QED) is 0.891. The molecule has 0 fully saturated rings. The fourth-order valence-electron chi connectivity index (χ4n) is 2.54. The van der Waals surface area contributed by atoms with E-state index in [0.29, 0.717) is 35.1 Å². The molecule has 0 unspecified atom stereocenters. The van der Waals surface area contributed by atoms with E-state index in [1.807, 2.05) is 19.1 Å². The smallest absolute Gasteiger partial charge is 0.151 e. The van der Waals surface area contributed by atoms with E-state index < -0.39 is 0 Å². The summed E-state index contributed by atoms with van der Waals surface area (Å²) in [4.78, 5) is 0. The number of benzene rings is 2. The van der Waals surface area contributed by atoms with E-state index in [1.54, 1.807) is 6.07 Å². The number of ether oxygens (including phenoxy) is 1. The van der Waals surface area contributed by atoms with Crippen LogP contribution in [0, 0.1) is 12.7 Å². The van der Waals surface area contributed by atoms with Gasteiger partial charge in [-0.3, -0.25) is 0 Å². The topological polar surface area (TPSA) is 47.3 Å². The zero-order valence-corrected chi connectivity index (χ0v) is 12.4. The van der Waals surface area contributed by atoms with Crippen LogP contribution in [0.1, 0.15) is 5.56 Å². The average Bonchev–Trinajstić information content (AvgIpc) is 2.46. The molecule has 0 amide bonds. The van der Waals surface area contributed by atoms with Gasteiger partial charge in [-0.25, -0.2) is 4.39 Å². The Bertz CT molecular complexity index is 690. The second kappa shape index (κ2) is 5.54. The first-order valence-electron chi connectivity index (χ1n) is 6.79. The lowest BCUT2D eigenvalue weighted by molar-refractivity contribution is 0.215. The fraction of sp³-hybridized carbons (Fsp3) is 0.250. The van der Waals surface area contributed by atoms with Gasteiger partial charge in [0.05, 0.1) is 12.2 Å². The Morgan fingerprint density at radius 2 is 2.14 bits per heavy atom. The maximum atomic E-state index is 13.9. The van der Waals surface area contributed by atoms with Crippen molar-refractivity contribution in [3.05, 3.63) is 46.7 Å². The van der Waals surface area contributed by atoms with E-state index in [9.17, 15) is 4.39 Å². The molecule has 0 spiro atoms. The fourth-order valence-corrected chi connectivity index (χ4v) is 2.77. The number of hydrogen-bond acceptors (Lipinski definition) is 3. The number of hydrogen-bond donors (Lipinski definition) is 2. The van der Waals surface area contributed by atoms with Crippen LogP contribution in [0.2, 0.25) is 5.02 Å². The van der Waals surface area contributed by atoms with Gasteiger partial charge in [0.1, 0.15) is 11.9 Å². The molecule has 1 aliphatic rings. The van der Waals surface area contributed by atoms with Gasteiger partial charge in [0.15, 0.2) is 5.75 Å². The van der Waals surface area contributed by atoms with Crippen LogP contribution < -0.4 is 15.8 Å². The van der Waals surface area contributed by atoms with Crippen LogP contribution in [0.4, 0.5) is 10.1 Å². The second-order valence-corrected chi connectivity index (χ2v) is 5.58. The standard InChI is InChI=1S/C16H16ClFN2O/c1-9-4-10(17)2-3-13(9)14-5-11(18)6-15-16(14)21-12(7-19)8-20-15/h2-6,12,20H,7-8,19H2,1H3/t12-/m1/s1. The minimum Gasteiger partial charge on any atom is -0.484 e. The summed E-state index contributed by atoms with van der Waals surface area (Å²) < 4.78 is 19.8. The Labute approximate surface area is 127 Å². The molecule has 2 aromatic rings. The molecule has 0 aliphatic carbocycles. The summed E-state index contributed by atoms with van der Waals surface area (Å²) in [5, 5.41) is 3.83. The lowest BCUT2D eigenvalue weighted by Gasteiger charge is -2.28. The molecule has 21 heavy (non-hydrogen) atoms. The van der Waals surface area contributed by atoms with E-state index in [-0.39, 0.29) is 11.9 Å². The molecule has 2 aromatic carbocycles. The molecule has 0 bridgehead atoms. The van der Waals surface area contributed by atoms with E-state index >= 15 is 0 Å². The van der Waals surface area contributed by atoms with Crippen molar-refractivity contribution in [1.82, 2.24) is 0 Å². The zero-order valence-electron chi connectivity index (χ0n) is 11.6. The Hall–Kier alpha value is -1.78. The van der Waals surface area contributed by atoms with Crippen LogP contribution in [0.15, 0.2) is 30.3 Å². The first-order chi connectivity index (χ1) is 10.1. The van der Waals surface area contributed by atoms with Crippen LogP contribution in [0.25, 0.3) is 11.1 Å². The summed E-state index contributed by atoms with van der Waals surface area (Å²) in [7, 11) is 0. The Morgan fingerprint density at radius 1 is 1.33 bits per heavy atom. The number of rotatable bonds is 2. The van der Waals surface area contributed by atoms with Crippen molar-refractivity contribution < 1.29 is 9.13 Å². The summed E-state index contributed by atoms with van der Waals surface area (Å²) >= 11 is 5.99. The van der Waals surface area contributed by atoms with Gasteiger partial charge in [-0.1, -0.05) is 17.7 Å². The van der Waals surface area contributed by atoms with E-state index in [1.165, 1.54) is 12.1 Å². The van der Waals surface area contributed by atoms with Gasteiger partial charge in [0.25, 0.3) is 0 Å². The molecular formula is C16H16ClFN2O. The van der Waals surface area contributed by atoms with Gasteiger partial charge in [-0.2, -0.15) is 0 Å². The largest absolute Gasteiger partial charge is 0.484 e. The second-order valence-electron chi connectivity index (χ2n) is 5.15. The van der Waals surface area contributed by atoms with Crippen LogP contribution in [0.3, 0.4) is 0 Å². The third-order valence-electron chi connectivity index (χ3n) is 3.60. The monoisotopic (exact) mass is 306 g/mol. The van der Waals surface area contributed by atoms with Crippen molar-refractivity contribution in [2.24, 2.45) is 5.73 Å². The third-order valence-corrected chi connectivity index (χ3v) is 3.84. The molecule has 1 aliphatic heterocycles. The van der Waals surface area contributed by atoms with Gasteiger partial charge >= 0.3 is 0 Å². The number of fused-ring (bicyclic) bond motifs is 1. The Kier molecular flexibility index (Phi) is 3.74. The van der Waals surface area contributed by atoms with E-state index in [4.69, 9.17) is 22.1 Å². The van der Waals surface area contributed by atoms with Crippen LogP contribution >= 0.6 is 11.6 Å². The predicted molar refractivity (Wildman–Crippen MR) is 83.5 cm³/mol. The minimum absolute atomic E-state index is 0.116. The first kappa shape index (κ1) is 14.2. The molecule has 0 aromatic heterocycles. The highest BCUT2D eigenvalue weighted by Gasteiger charge is 2.23. The molecule has 110 valence electrons. The van der Waals surface area contributed by atoms with Crippen LogP contribution in [0.5, 0.6) is 5.75 Å². The van der Waals surface area contributed by atoms with Gasteiger partial charge in [-0.05, 0) is 36.2 Å². The highest BCUT2D eigenvalue weighted by atomic mass is 35.5. The highest BCUT2D eigenvalue weighted by Crippen LogP contribution is 2.41. The summed E-state index contributed by atoms with van der Waals surface area (Å²) in [5.74, 6) is 0.337.